The van der Waals surface area contributed by atoms with Crippen molar-refractivity contribution in [2.45, 2.75) is 71.9 Å². The molecule has 3 atom stereocenters. The number of hydrogen-bond donors (Lipinski definition) is 2. The Morgan fingerprint density at radius 1 is 1.05 bits per heavy atom. The van der Waals surface area contributed by atoms with Crippen molar-refractivity contribution in [3.8, 4) is 11.5 Å². The third-order valence-electron chi connectivity index (χ3n) is 6.86. The summed E-state index contributed by atoms with van der Waals surface area (Å²) in [5.41, 5.74) is 6.67. The minimum absolute atomic E-state index is 0.0880. The summed E-state index contributed by atoms with van der Waals surface area (Å²) in [5.74, 6) is -0.150. The van der Waals surface area contributed by atoms with Crippen molar-refractivity contribution in [3.05, 3.63) is 60.2 Å². The number of ether oxygens (including phenoxy) is 1. The van der Waals surface area contributed by atoms with Crippen LogP contribution in [0.3, 0.4) is 0 Å². The molecule has 3 rings (SSSR count). The average molecular weight is 508 g/mol. The van der Waals surface area contributed by atoms with E-state index in [0.29, 0.717) is 38.1 Å². The molecule has 1 saturated heterocycles. The molecule has 200 valence electrons. The zero-order valence-electron chi connectivity index (χ0n) is 22.3. The molecule has 1 unspecified atom stereocenters. The van der Waals surface area contributed by atoms with Crippen LogP contribution in [0.2, 0.25) is 0 Å². The second-order valence-electron chi connectivity index (χ2n) is 10.4. The summed E-state index contributed by atoms with van der Waals surface area (Å²) in [6.07, 6.45) is 4.17. The number of rotatable bonds is 12. The van der Waals surface area contributed by atoms with Gasteiger partial charge in [0.25, 0.3) is 0 Å². The SMILES string of the molecule is CCCC(C(=O)N[C@H]1CCCCN(Cc2cccc(Oc3ccccc3)c2)C1=O)[C@@H](CC(C)C)C(N)=O. The molecule has 0 aromatic heterocycles. The Morgan fingerprint density at radius 3 is 2.46 bits per heavy atom. The molecule has 0 spiro atoms. The summed E-state index contributed by atoms with van der Waals surface area (Å²) in [5, 5.41) is 3.00. The monoisotopic (exact) mass is 507 g/mol. The first kappa shape index (κ1) is 28.2. The molecule has 7 heteroatoms. The van der Waals surface area contributed by atoms with Crippen molar-refractivity contribution < 1.29 is 19.1 Å². The molecule has 2 aromatic carbocycles. The van der Waals surface area contributed by atoms with Crippen LogP contribution in [0.15, 0.2) is 54.6 Å². The zero-order valence-corrected chi connectivity index (χ0v) is 22.3. The van der Waals surface area contributed by atoms with Gasteiger partial charge in [0.05, 0.1) is 0 Å². The lowest BCUT2D eigenvalue weighted by atomic mass is 9.81. The number of primary amides is 1. The maximum Gasteiger partial charge on any atom is 0.245 e. The highest BCUT2D eigenvalue weighted by Crippen LogP contribution is 2.27. The normalized spacial score (nSPS) is 17.7. The highest BCUT2D eigenvalue weighted by molar-refractivity contribution is 5.91. The molecule has 3 N–H and O–H groups in total. The fourth-order valence-corrected chi connectivity index (χ4v) is 5.04. The molecule has 1 aliphatic heterocycles. The van der Waals surface area contributed by atoms with Gasteiger partial charge in [0, 0.05) is 24.9 Å². The first-order valence-corrected chi connectivity index (χ1v) is 13.5. The van der Waals surface area contributed by atoms with Crippen LogP contribution < -0.4 is 15.8 Å². The first-order chi connectivity index (χ1) is 17.8. The number of carbonyl (C=O) groups excluding carboxylic acids is 3. The standard InChI is InChI=1S/C30H41N3O4/c1-4-11-25(26(28(31)34)18-21(2)3)29(35)32-27-16-8-9-17-33(30(27)36)20-22-12-10-15-24(19-22)37-23-13-6-5-7-14-23/h5-7,10,12-15,19,21,25-27H,4,8-9,11,16-18,20H2,1-3H3,(H2,31,34)(H,32,35)/t25?,26-,27+/m1/s1. The van der Waals surface area contributed by atoms with Crippen LogP contribution >= 0.6 is 0 Å². The van der Waals surface area contributed by atoms with Gasteiger partial charge in [-0.1, -0.05) is 57.5 Å². The van der Waals surface area contributed by atoms with Crippen LogP contribution in [0, 0.1) is 17.8 Å². The first-order valence-electron chi connectivity index (χ1n) is 13.5. The van der Waals surface area contributed by atoms with Gasteiger partial charge in [0.2, 0.25) is 17.7 Å². The fourth-order valence-electron chi connectivity index (χ4n) is 5.04. The molecule has 0 radical (unpaired) electrons. The number of likely N-dealkylation sites (tertiary alicyclic amines) is 1. The predicted molar refractivity (Wildman–Crippen MR) is 145 cm³/mol. The Kier molecular flexibility index (Phi) is 10.5. The topological polar surface area (TPSA) is 102 Å². The highest BCUT2D eigenvalue weighted by Gasteiger charge is 2.35. The molecule has 0 aliphatic carbocycles. The molecule has 1 aliphatic rings. The third-order valence-corrected chi connectivity index (χ3v) is 6.86. The zero-order chi connectivity index (χ0) is 26.8. The van der Waals surface area contributed by atoms with E-state index in [1.165, 1.54) is 0 Å². The number of carbonyl (C=O) groups is 3. The Morgan fingerprint density at radius 2 is 1.78 bits per heavy atom. The maximum atomic E-state index is 13.5. The average Bonchev–Trinajstić information content (AvgIpc) is 3.03. The molecule has 0 saturated carbocycles. The van der Waals surface area contributed by atoms with E-state index in [1.54, 1.807) is 0 Å². The summed E-state index contributed by atoms with van der Waals surface area (Å²) >= 11 is 0. The molecule has 37 heavy (non-hydrogen) atoms. The molecule has 2 aromatic rings. The summed E-state index contributed by atoms with van der Waals surface area (Å²) in [6.45, 7) is 7.09. The Bertz CT molecular complexity index is 1040. The number of hydrogen-bond acceptors (Lipinski definition) is 4. The van der Waals surface area contributed by atoms with E-state index >= 15 is 0 Å². The number of amides is 3. The number of benzene rings is 2. The van der Waals surface area contributed by atoms with Crippen LogP contribution in [-0.4, -0.2) is 35.2 Å². The maximum absolute atomic E-state index is 13.5. The lowest BCUT2D eigenvalue weighted by Crippen LogP contribution is -2.50. The fraction of sp³-hybridized carbons (Fsp3) is 0.500. The lowest BCUT2D eigenvalue weighted by Gasteiger charge is -2.29. The van der Waals surface area contributed by atoms with Crippen molar-refractivity contribution in [2.24, 2.45) is 23.5 Å². The number of nitrogens with zero attached hydrogens (tertiary/aromatic N) is 1. The quantitative estimate of drug-likeness (QED) is 0.420. The van der Waals surface area contributed by atoms with Gasteiger partial charge in [-0.3, -0.25) is 14.4 Å². The summed E-state index contributed by atoms with van der Waals surface area (Å²) in [6, 6.07) is 16.7. The van der Waals surface area contributed by atoms with Crippen LogP contribution in [-0.2, 0) is 20.9 Å². The van der Waals surface area contributed by atoms with Gasteiger partial charge >= 0.3 is 0 Å². The minimum atomic E-state index is -0.606. The van der Waals surface area contributed by atoms with Crippen LogP contribution in [0.25, 0.3) is 0 Å². The molecular weight excluding hydrogens is 466 g/mol. The van der Waals surface area contributed by atoms with E-state index < -0.39 is 23.8 Å². The van der Waals surface area contributed by atoms with Gasteiger partial charge < -0.3 is 20.7 Å². The number of nitrogens with one attached hydrogen (secondary N) is 1. The largest absolute Gasteiger partial charge is 0.457 e. The second-order valence-corrected chi connectivity index (χ2v) is 10.4. The molecular formula is C30H41N3O4. The second kappa shape index (κ2) is 13.8. The Labute approximate surface area is 220 Å². The van der Waals surface area contributed by atoms with E-state index in [1.807, 2.05) is 80.3 Å². The van der Waals surface area contributed by atoms with Crippen LogP contribution in [0.1, 0.15) is 64.9 Å². The Hall–Kier alpha value is -3.35. The highest BCUT2D eigenvalue weighted by atomic mass is 16.5. The van der Waals surface area contributed by atoms with Gasteiger partial charge in [-0.25, -0.2) is 0 Å². The third kappa shape index (κ3) is 8.34. The van der Waals surface area contributed by atoms with Crippen LogP contribution in [0.5, 0.6) is 11.5 Å². The van der Waals surface area contributed by atoms with E-state index in [0.717, 1.165) is 30.6 Å². The lowest BCUT2D eigenvalue weighted by molar-refractivity contribution is -0.139. The molecule has 1 heterocycles. The van der Waals surface area contributed by atoms with Gasteiger partial charge in [0.15, 0.2) is 0 Å². The number of para-hydroxylation sites is 1. The smallest absolute Gasteiger partial charge is 0.245 e. The van der Waals surface area contributed by atoms with Gasteiger partial charge in [-0.2, -0.15) is 0 Å². The minimum Gasteiger partial charge on any atom is -0.457 e. The van der Waals surface area contributed by atoms with Crippen molar-refractivity contribution >= 4 is 17.7 Å². The molecule has 0 bridgehead atoms. The number of nitrogens with two attached hydrogens (primary N) is 1. The van der Waals surface area contributed by atoms with Gasteiger partial charge in [-0.05, 0) is 67.9 Å². The van der Waals surface area contributed by atoms with Crippen molar-refractivity contribution in [2.75, 3.05) is 6.54 Å². The van der Waals surface area contributed by atoms with E-state index in [4.69, 9.17) is 10.5 Å². The Balaban J connectivity index is 1.70. The molecule has 3 amide bonds. The summed E-state index contributed by atoms with van der Waals surface area (Å²) < 4.78 is 5.95. The van der Waals surface area contributed by atoms with Crippen molar-refractivity contribution in [1.29, 1.82) is 0 Å². The predicted octanol–water partition coefficient (Wildman–Crippen LogP) is 5.04. The van der Waals surface area contributed by atoms with E-state index in [2.05, 4.69) is 5.32 Å². The molecule has 7 nitrogen and oxygen atoms in total. The van der Waals surface area contributed by atoms with Crippen molar-refractivity contribution in [3.63, 3.8) is 0 Å². The van der Waals surface area contributed by atoms with Gasteiger partial charge in [0.1, 0.15) is 17.5 Å². The van der Waals surface area contributed by atoms with Crippen molar-refractivity contribution in [1.82, 2.24) is 10.2 Å². The van der Waals surface area contributed by atoms with Gasteiger partial charge in [-0.15, -0.1) is 0 Å². The van der Waals surface area contributed by atoms with E-state index in [-0.39, 0.29) is 17.7 Å². The van der Waals surface area contributed by atoms with Crippen LogP contribution in [0.4, 0.5) is 0 Å². The molecule has 1 fully saturated rings. The van der Waals surface area contributed by atoms with E-state index in [9.17, 15) is 14.4 Å². The summed E-state index contributed by atoms with van der Waals surface area (Å²) in [7, 11) is 0. The summed E-state index contributed by atoms with van der Waals surface area (Å²) in [4.78, 5) is 40.9.